The number of rotatable bonds is 6. The monoisotopic (exact) mass is 392 g/mol. The van der Waals surface area contributed by atoms with E-state index in [1.54, 1.807) is 6.20 Å². The molecule has 4 aromatic rings. The van der Waals surface area contributed by atoms with E-state index < -0.39 is 5.97 Å². The number of hydrogen-bond donors (Lipinski definition) is 1. The molecule has 1 N–H and O–H groups in total. The highest BCUT2D eigenvalue weighted by Crippen LogP contribution is 2.34. The fourth-order valence-electron chi connectivity index (χ4n) is 3.12. The topological polar surface area (TPSA) is 63.8 Å². The second kappa shape index (κ2) is 7.48. The first kappa shape index (κ1) is 18.3. The van der Waals surface area contributed by atoms with E-state index >= 15 is 0 Å². The van der Waals surface area contributed by atoms with Crippen molar-refractivity contribution in [2.75, 3.05) is 0 Å². The van der Waals surface area contributed by atoms with Gasteiger partial charge in [-0.05, 0) is 40.8 Å². The number of aromatic carboxylic acids is 1. The molecule has 0 bridgehead atoms. The fourth-order valence-corrected chi connectivity index (χ4v) is 4.00. The summed E-state index contributed by atoms with van der Waals surface area (Å²) in [4.78, 5) is 16.0. The Bertz CT molecular complexity index is 1130. The van der Waals surface area contributed by atoms with Crippen molar-refractivity contribution in [1.29, 1.82) is 0 Å². The molecule has 4 rings (SSSR count). The lowest BCUT2D eigenvalue weighted by Gasteiger charge is -2.16. The number of carbonyl (C=O) groups is 1. The number of hydrogen-bond acceptors (Lipinski definition) is 4. The van der Waals surface area contributed by atoms with Gasteiger partial charge in [0.2, 0.25) is 0 Å². The van der Waals surface area contributed by atoms with Crippen LogP contribution in [0.2, 0.25) is 0 Å². The van der Waals surface area contributed by atoms with Gasteiger partial charge in [0.1, 0.15) is 12.4 Å². The predicted octanol–water partition coefficient (Wildman–Crippen LogP) is 5.46. The van der Waals surface area contributed by atoms with E-state index in [0.29, 0.717) is 11.6 Å². The van der Waals surface area contributed by atoms with Crippen LogP contribution in [-0.4, -0.2) is 20.5 Å². The molecule has 0 unspecified atom stereocenters. The first-order chi connectivity index (χ1) is 13.5. The molecule has 0 spiro atoms. The van der Waals surface area contributed by atoms with Crippen LogP contribution in [0.5, 0.6) is 5.75 Å². The lowest BCUT2D eigenvalue weighted by Crippen LogP contribution is -2.00. The lowest BCUT2D eigenvalue weighted by atomic mass is 9.98. The average molecular weight is 392 g/mol. The molecule has 0 atom stereocenters. The van der Waals surface area contributed by atoms with Crippen molar-refractivity contribution < 1.29 is 14.6 Å². The number of ether oxygens (including phenoxy) is 1. The van der Waals surface area contributed by atoms with Crippen molar-refractivity contribution in [2.45, 2.75) is 26.4 Å². The maximum atomic E-state index is 11.2. The van der Waals surface area contributed by atoms with Crippen molar-refractivity contribution in [3.63, 3.8) is 0 Å². The zero-order valence-corrected chi connectivity index (χ0v) is 16.4. The van der Waals surface area contributed by atoms with Gasteiger partial charge in [0, 0.05) is 11.6 Å². The summed E-state index contributed by atoms with van der Waals surface area (Å²) in [5.74, 6) is 0.137. The van der Waals surface area contributed by atoms with E-state index in [4.69, 9.17) is 4.74 Å². The van der Waals surface area contributed by atoms with Crippen LogP contribution < -0.4 is 4.74 Å². The Labute approximate surface area is 166 Å². The minimum absolute atomic E-state index is 0.0556. The van der Waals surface area contributed by atoms with Gasteiger partial charge in [-0.2, -0.15) is 0 Å². The highest BCUT2D eigenvalue weighted by molar-refractivity contribution is 7.15. The molecule has 0 amide bonds. The van der Waals surface area contributed by atoms with Crippen LogP contribution in [0.4, 0.5) is 0 Å². The van der Waals surface area contributed by atoms with E-state index in [0.717, 1.165) is 28.1 Å². The van der Waals surface area contributed by atoms with Crippen molar-refractivity contribution in [3.05, 3.63) is 76.9 Å². The van der Waals surface area contributed by atoms with Gasteiger partial charge >= 0.3 is 5.97 Å². The number of aromatic nitrogens is 2. The molecule has 2 heterocycles. The minimum atomic E-state index is -1.02. The van der Waals surface area contributed by atoms with Crippen molar-refractivity contribution in [3.8, 4) is 17.0 Å². The van der Waals surface area contributed by atoms with Gasteiger partial charge in [0.05, 0.1) is 5.69 Å². The Hall–Kier alpha value is -3.12. The average Bonchev–Trinajstić information content (AvgIpc) is 3.28. The third kappa shape index (κ3) is 3.51. The van der Waals surface area contributed by atoms with Crippen LogP contribution >= 0.6 is 11.3 Å². The van der Waals surface area contributed by atoms with Crippen LogP contribution in [0.15, 0.2) is 60.1 Å². The zero-order chi connectivity index (χ0) is 19.7. The van der Waals surface area contributed by atoms with Gasteiger partial charge in [-0.1, -0.05) is 44.2 Å². The zero-order valence-electron chi connectivity index (χ0n) is 15.6. The number of thiazole rings is 1. The summed E-state index contributed by atoms with van der Waals surface area (Å²) < 4.78 is 7.92. The Morgan fingerprint density at radius 3 is 2.71 bits per heavy atom. The maximum absolute atomic E-state index is 11.2. The molecule has 0 saturated heterocycles. The second-order valence-electron chi connectivity index (χ2n) is 6.89. The van der Waals surface area contributed by atoms with Gasteiger partial charge in [0.25, 0.3) is 0 Å². The number of benzene rings is 2. The molecule has 0 aliphatic rings. The molecule has 0 fully saturated rings. The second-order valence-corrected chi connectivity index (χ2v) is 7.72. The molecular formula is C22H20N2O3S. The lowest BCUT2D eigenvalue weighted by molar-refractivity contribution is 0.0691. The van der Waals surface area contributed by atoms with Crippen LogP contribution in [0.1, 0.15) is 41.4 Å². The molecule has 6 heteroatoms. The Balaban J connectivity index is 1.67. The number of carboxylic acids is 1. The Morgan fingerprint density at radius 2 is 2.00 bits per heavy atom. The molecular weight excluding hydrogens is 372 g/mol. The van der Waals surface area contributed by atoms with Gasteiger partial charge in [-0.25, -0.2) is 9.78 Å². The van der Waals surface area contributed by atoms with E-state index in [1.807, 2.05) is 52.2 Å². The molecule has 0 saturated carbocycles. The molecule has 0 radical (unpaired) electrons. The number of fused-ring (bicyclic) bond motifs is 1. The van der Waals surface area contributed by atoms with Crippen molar-refractivity contribution >= 4 is 22.3 Å². The van der Waals surface area contributed by atoms with Crippen molar-refractivity contribution in [2.24, 2.45) is 0 Å². The van der Waals surface area contributed by atoms with E-state index in [1.165, 1.54) is 11.3 Å². The SMILES string of the molecule is CC(C)c1cc(-c2csc3nc(C(=O)O)cn23)ccc1OCc1ccccc1. The third-order valence-corrected chi connectivity index (χ3v) is 5.43. The number of nitrogens with zero attached hydrogens (tertiary/aromatic N) is 2. The Morgan fingerprint density at radius 1 is 1.21 bits per heavy atom. The summed E-state index contributed by atoms with van der Waals surface area (Å²) in [5.41, 5.74) is 4.24. The molecule has 28 heavy (non-hydrogen) atoms. The summed E-state index contributed by atoms with van der Waals surface area (Å²) in [6, 6.07) is 16.2. The highest BCUT2D eigenvalue weighted by Gasteiger charge is 2.16. The minimum Gasteiger partial charge on any atom is -0.489 e. The predicted molar refractivity (Wildman–Crippen MR) is 110 cm³/mol. The summed E-state index contributed by atoms with van der Waals surface area (Å²) >= 11 is 1.43. The quantitative estimate of drug-likeness (QED) is 0.473. The summed E-state index contributed by atoms with van der Waals surface area (Å²) in [6.45, 7) is 4.79. The molecule has 5 nitrogen and oxygen atoms in total. The molecule has 142 valence electrons. The van der Waals surface area contributed by atoms with E-state index in [-0.39, 0.29) is 11.6 Å². The van der Waals surface area contributed by atoms with Crippen molar-refractivity contribution in [1.82, 2.24) is 9.38 Å². The summed E-state index contributed by atoms with van der Waals surface area (Å²) in [6.07, 6.45) is 1.57. The van der Waals surface area contributed by atoms with Crippen LogP contribution in [0.25, 0.3) is 16.2 Å². The van der Waals surface area contributed by atoms with Gasteiger partial charge in [-0.3, -0.25) is 4.40 Å². The molecule has 2 aromatic heterocycles. The van der Waals surface area contributed by atoms with E-state index in [2.05, 4.69) is 24.9 Å². The summed E-state index contributed by atoms with van der Waals surface area (Å²) in [5, 5.41) is 11.2. The normalized spacial score (nSPS) is 11.2. The first-order valence-electron chi connectivity index (χ1n) is 9.04. The Kier molecular flexibility index (Phi) is 4.88. The maximum Gasteiger partial charge on any atom is 0.356 e. The smallest absolute Gasteiger partial charge is 0.356 e. The van der Waals surface area contributed by atoms with Gasteiger partial charge < -0.3 is 9.84 Å². The molecule has 0 aliphatic heterocycles. The number of carboxylic acid groups (broad SMARTS) is 1. The van der Waals surface area contributed by atoms with Crippen LogP contribution in [-0.2, 0) is 6.61 Å². The number of imidazole rings is 1. The van der Waals surface area contributed by atoms with Gasteiger partial charge in [-0.15, -0.1) is 11.3 Å². The third-order valence-electron chi connectivity index (χ3n) is 4.59. The summed E-state index contributed by atoms with van der Waals surface area (Å²) in [7, 11) is 0. The molecule has 0 aliphatic carbocycles. The standard InChI is InChI=1S/C22H20N2O3S/c1-14(2)17-10-16(8-9-20(17)27-12-15-6-4-3-5-7-15)19-13-28-22-23-18(21(25)26)11-24(19)22/h3-11,13-14H,12H2,1-2H3,(H,25,26). The van der Waals surface area contributed by atoms with Crippen LogP contribution in [0.3, 0.4) is 0 Å². The molecule has 2 aromatic carbocycles. The van der Waals surface area contributed by atoms with E-state index in [9.17, 15) is 9.90 Å². The fraction of sp³-hybridized carbons (Fsp3) is 0.182. The first-order valence-corrected chi connectivity index (χ1v) is 9.92. The highest BCUT2D eigenvalue weighted by atomic mass is 32.1. The largest absolute Gasteiger partial charge is 0.489 e. The van der Waals surface area contributed by atoms with Gasteiger partial charge in [0.15, 0.2) is 10.7 Å². The van der Waals surface area contributed by atoms with Crippen LogP contribution in [0, 0.1) is 0 Å².